The second-order valence-electron chi connectivity index (χ2n) is 3.24. The van der Waals surface area contributed by atoms with E-state index in [1.165, 1.54) is 12.7 Å². The molecule has 0 fully saturated rings. The number of allylic oxidation sites excluding steroid dienone is 3. The molecule has 0 aromatic carbocycles. The monoisotopic (exact) mass is 206 g/mol. The molecule has 0 amide bonds. The van der Waals surface area contributed by atoms with E-state index >= 15 is 0 Å². The zero-order valence-electron chi connectivity index (χ0n) is 9.67. The molecule has 0 rings (SSSR count). The Bertz CT molecular complexity index is 302. The average molecular weight is 206 g/mol. The summed E-state index contributed by atoms with van der Waals surface area (Å²) in [4.78, 5) is 10.8. The minimum absolute atomic E-state index is 0.0191. The Labute approximate surface area is 92.0 Å². The van der Waals surface area contributed by atoms with Gasteiger partial charge in [-0.1, -0.05) is 30.6 Å². The lowest BCUT2D eigenvalue weighted by atomic mass is 10.0. The van der Waals surface area contributed by atoms with Crippen molar-refractivity contribution >= 4 is 5.97 Å². The quantitative estimate of drug-likeness (QED) is 0.306. The fourth-order valence-electron chi connectivity index (χ4n) is 0.889. The van der Waals surface area contributed by atoms with E-state index < -0.39 is 5.97 Å². The summed E-state index contributed by atoms with van der Waals surface area (Å²) in [5.74, 6) is 4.74. The molecular formula is C13H18O2. The maximum atomic E-state index is 10.8. The molecule has 2 heteroatoms. The number of hydrogen-bond donors (Lipinski definition) is 0. The Kier molecular flexibility index (Phi) is 7.09. The van der Waals surface area contributed by atoms with Crippen LogP contribution in [-0.4, -0.2) is 13.1 Å². The van der Waals surface area contributed by atoms with Crippen LogP contribution in [-0.2, 0) is 9.53 Å². The first-order valence-electron chi connectivity index (χ1n) is 5.01. The van der Waals surface area contributed by atoms with E-state index in [0.29, 0.717) is 0 Å². The van der Waals surface area contributed by atoms with Gasteiger partial charge in [0.25, 0.3) is 0 Å². The predicted molar refractivity (Wildman–Crippen MR) is 62.1 cm³/mol. The van der Waals surface area contributed by atoms with Crippen molar-refractivity contribution in [3.8, 4) is 11.8 Å². The highest BCUT2D eigenvalue weighted by Gasteiger charge is 1.98. The van der Waals surface area contributed by atoms with Gasteiger partial charge in [-0.15, -0.1) is 6.58 Å². The molecular weight excluding hydrogens is 188 g/mol. The van der Waals surface area contributed by atoms with E-state index in [1.807, 2.05) is 0 Å². The van der Waals surface area contributed by atoms with Crippen molar-refractivity contribution < 1.29 is 9.53 Å². The van der Waals surface area contributed by atoms with Crippen LogP contribution in [0, 0.1) is 17.8 Å². The van der Waals surface area contributed by atoms with Crippen molar-refractivity contribution in [1.82, 2.24) is 0 Å². The standard InChI is InChI=1S/C13H18O2/c1-5-11(3)7-8-12(6-2)9-10-13(14)15-4/h6-7,12H,2,5,8H2,1,3-4H3/b11-7-/t12-/m0/s1. The Hall–Kier alpha value is -1.49. The largest absolute Gasteiger partial charge is 0.459 e. The molecule has 0 saturated heterocycles. The van der Waals surface area contributed by atoms with Gasteiger partial charge in [0.05, 0.1) is 7.11 Å². The minimum Gasteiger partial charge on any atom is -0.459 e. The van der Waals surface area contributed by atoms with Crippen LogP contribution in [0.1, 0.15) is 26.7 Å². The fraction of sp³-hybridized carbons (Fsp3) is 0.462. The number of methoxy groups -OCH3 is 1. The van der Waals surface area contributed by atoms with Crippen LogP contribution in [0.2, 0.25) is 0 Å². The lowest BCUT2D eigenvalue weighted by Gasteiger charge is -2.01. The zero-order valence-corrected chi connectivity index (χ0v) is 9.67. The zero-order chi connectivity index (χ0) is 11.7. The third-order valence-corrected chi connectivity index (χ3v) is 2.11. The first-order valence-corrected chi connectivity index (χ1v) is 5.01. The summed E-state index contributed by atoms with van der Waals surface area (Å²) in [6.45, 7) is 7.87. The molecule has 2 nitrogen and oxygen atoms in total. The number of carbonyl (C=O) groups excluding carboxylic acids is 1. The van der Waals surface area contributed by atoms with E-state index in [2.05, 4.69) is 43.1 Å². The number of rotatable bonds is 4. The molecule has 82 valence electrons. The highest BCUT2D eigenvalue weighted by atomic mass is 16.5. The summed E-state index contributed by atoms with van der Waals surface area (Å²) < 4.78 is 4.43. The molecule has 0 unspecified atom stereocenters. The fourth-order valence-corrected chi connectivity index (χ4v) is 0.889. The average Bonchev–Trinajstić information content (AvgIpc) is 2.28. The molecule has 0 radical (unpaired) electrons. The third-order valence-electron chi connectivity index (χ3n) is 2.11. The Balaban J connectivity index is 4.31. The van der Waals surface area contributed by atoms with Gasteiger partial charge in [-0.2, -0.15) is 0 Å². The van der Waals surface area contributed by atoms with E-state index in [4.69, 9.17) is 0 Å². The third kappa shape index (κ3) is 6.56. The van der Waals surface area contributed by atoms with Gasteiger partial charge in [0.2, 0.25) is 0 Å². The van der Waals surface area contributed by atoms with E-state index in [-0.39, 0.29) is 5.92 Å². The highest BCUT2D eigenvalue weighted by molar-refractivity contribution is 5.88. The smallest absolute Gasteiger partial charge is 0.384 e. The SMILES string of the molecule is C=C[C@H](C#CC(=O)OC)C/C=C(/C)CC. The molecule has 0 aliphatic rings. The molecule has 0 aromatic heterocycles. The van der Waals surface area contributed by atoms with Crippen molar-refractivity contribution in [2.24, 2.45) is 5.92 Å². The topological polar surface area (TPSA) is 26.3 Å². The predicted octanol–water partition coefficient (Wildman–Crippen LogP) is 2.71. The van der Waals surface area contributed by atoms with Crippen molar-refractivity contribution in [2.75, 3.05) is 7.11 Å². The lowest BCUT2D eigenvalue weighted by molar-refractivity contribution is -0.133. The Morgan fingerprint density at radius 1 is 1.60 bits per heavy atom. The summed E-state index contributed by atoms with van der Waals surface area (Å²) in [5.41, 5.74) is 1.32. The maximum Gasteiger partial charge on any atom is 0.384 e. The molecule has 0 bridgehead atoms. The Morgan fingerprint density at radius 3 is 2.73 bits per heavy atom. The van der Waals surface area contributed by atoms with E-state index in [9.17, 15) is 4.79 Å². The normalized spacial score (nSPS) is 12.3. The number of hydrogen-bond acceptors (Lipinski definition) is 2. The van der Waals surface area contributed by atoms with Gasteiger partial charge < -0.3 is 4.74 Å². The molecule has 0 aliphatic carbocycles. The van der Waals surface area contributed by atoms with Crippen LogP contribution in [0.4, 0.5) is 0 Å². The number of ether oxygens (including phenoxy) is 1. The van der Waals surface area contributed by atoms with Gasteiger partial charge in [0.1, 0.15) is 0 Å². The summed E-state index contributed by atoms with van der Waals surface area (Å²) >= 11 is 0. The summed E-state index contributed by atoms with van der Waals surface area (Å²) in [6.07, 6.45) is 5.70. The molecule has 0 spiro atoms. The molecule has 15 heavy (non-hydrogen) atoms. The van der Waals surface area contributed by atoms with Crippen molar-refractivity contribution in [1.29, 1.82) is 0 Å². The van der Waals surface area contributed by atoms with Gasteiger partial charge in [-0.3, -0.25) is 0 Å². The Morgan fingerprint density at radius 2 is 2.27 bits per heavy atom. The first kappa shape index (κ1) is 13.5. The summed E-state index contributed by atoms with van der Waals surface area (Å²) in [6, 6.07) is 0. The van der Waals surface area contributed by atoms with Crippen molar-refractivity contribution in [3.63, 3.8) is 0 Å². The van der Waals surface area contributed by atoms with Crippen LogP contribution in [0.15, 0.2) is 24.3 Å². The van der Waals surface area contributed by atoms with Crippen LogP contribution >= 0.6 is 0 Å². The van der Waals surface area contributed by atoms with E-state index in [0.717, 1.165) is 12.8 Å². The highest BCUT2D eigenvalue weighted by Crippen LogP contribution is 2.08. The maximum absolute atomic E-state index is 10.8. The van der Waals surface area contributed by atoms with Crippen molar-refractivity contribution in [3.05, 3.63) is 24.3 Å². The van der Waals surface area contributed by atoms with Gasteiger partial charge in [-0.25, -0.2) is 4.79 Å². The first-order chi connectivity index (χ1) is 7.13. The lowest BCUT2D eigenvalue weighted by Crippen LogP contribution is -1.97. The van der Waals surface area contributed by atoms with Gasteiger partial charge in [-0.05, 0) is 19.8 Å². The molecule has 0 aromatic rings. The van der Waals surface area contributed by atoms with Crippen LogP contribution < -0.4 is 0 Å². The van der Waals surface area contributed by atoms with Gasteiger partial charge >= 0.3 is 5.97 Å². The van der Waals surface area contributed by atoms with Crippen molar-refractivity contribution in [2.45, 2.75) is 26.7 Å². The molecule has 0 aliphatic heterocycles. The second kappa shape index (κ2) is 7.87. The number of carbonyl (C=O) groups is 1. The van der Waals surface area contributed by atoms with Crippen LogP contribution in [0.25, 0.3) is 0 Å². The van der Waals surface area contributed by atoms with Crippen LogP contribution in [0.3, 0.4) is 0 Å². The molecule has 1 atom stereocenters. The van der Waals surface area contributed by atoms with Gasteiger partial charge in [0.15, 0.2) is 0 Å². The molecule has 0 heterocycles. The molecule has 0 saturated carbocycles. The minimum atomic E-state index is -0.502. The second-order valence-corrected chi connectivity index (χ2v) is 3.24. The molecule has 0 N–H and O–H groups in total. The summed E-state index contributed by atoms with van der Waals surface area (Å²) in [5, 5.41) is 0. The van der Waals surface area contributed by atoms with E-state index in [1.54, 1.807) is 6.08 Å². The van der Waals surface area contributed by atoms with Gasteiger partial charge in [0, 0.05) is 11.8 Å². The number of esters is 1. The van der Waals surface area contributed by atoms with Crippen LogP contribution in [0.5, 0.6) is 0 Å². The summed E-state index contributed by atoms with van der Waals surface area (Å²) in [7, 11) is 1.32.